The lowest BCUT2D eigenvalue weighted by Crippen LogP contribution is -2.26. The van der Waals surface area contributed by atoms with Crippen LogP contribution >= 0.6 is 22.6 Å². The van der Waals surface area contributed by atoms with Crippen LogP contribution in [0.1, 0.15) is 0 Å². The number of aliphatic carboxylic acids is 1. The van der Waals surface area contributed by atoms with Gasteiger partial charge < -0.3 is 10.4 Å². The highest BCUT2D eigenvalue weighted by Crippen LogP contribution is 2.17. The first-order valence-electron chi connectivity index (χ1n) is 4.01. The fourth-order valence-electron chi connectivity index (χ4n) is 0.967. The average molecular weight is 303 g/mol. The van der Waals surface area contributed by atoms with Crippen LogP contribution in [0.15, 0.2) is 36.9 Å². The number of carboxylic acid groups (broad SMARTS) is 1. The molecule has 2 N–H and O–H groups in total. The van der Waals surface area contributed by atoms with Crippen molar-refractivity contribution < 1.29 is 9.90 Å². The van der Waals surface area contributed by atoms with Gasteiger partial charge in [0, 0.05) is 9.26 Å². The fraction of sp³-hybridized carbons (Fsp3) is 0.100. The lowest BCUT2D eigenvalue weighted by Gasteiger charge is -2.12. The zero-order valence-corrected chi connectivity index (χ0v) is 9.56. The summed E-state index contributed by atoms with van der Waals surface area (Å²) in [4.78, 5) is 10.7. The van der Waals surface area contributed by atoms with Gasteiger partial charge in [0.15, 0.2) is 0 Å². The van der Waals surface area contributed by atoms with Crippen LogP contribution in [0.5, 0.6) is 0 Å². The summed E-state index contributed by atoms with van der Waals surface area (Å²) in [7, 11) is 0. The van der Waals surface area contributed by atoms with Crippen LogP contribution in [0.2, 0.25) is 0 Å². The van der Waals surface area contributed by atoms with E-state index in [1.54, 1.807) is 0 Å². The Labute approximate surface area is 96.0 Å². The smallest absolute Gasteiger partial charge is 0.330 e. The maximum absolute atomic E-state index is 10.7. The first-order valence-corrected chi connectivity index (χ1v) is 5.09. The summed E-state index contributed by atoms with van der Waals surface area (Å²) in [5, 5.41) is 11.7. The van der Waals surface area contributed by atoms with E-state index in [2.05, 4.69) is 34.5 Å². The lowest BCUT2D eigenvalue weighted by atomic mass is 10.2. The molecule has 0 aliphatic rings. The van der Waals surface area contributed by atoms with Gasteiger partial charge in [0.1, 0.15) is 6.04 Å². The Bertz CT molecular complexity index is 352. The number of hydrogen-bond donors (Lipinski definition) is 2. The first-order chi connectivity index (χ1) is 6.65. The molecular weight excluding hydrogens is 293 g/mol. The predicted molar refractivity (Wildman–Crippen MR) is 64.4 cm³/mol. The standard InChI is InChI=1S/C10H10INO2/c1-2-8(10(13)14)12-9-6-4-3-5-7(9)11/h2-6,8,12H,1H2,(H,13,14). The van der Waals surface area contributed by atoms with E-state index < -0.39 is 12.0 Å². The van der Waals surface area contributed by atoms with Crippen LogP contribution in [0.3, 0.4) is 0 Å². The summed E-state index contributed by atoms with van der Waals surface area (Å²) in [6.07, 6.45) is 1.37. The summed E-state index contributed by atoms with van der Waals surface area (Å²) in [6.45, 7) is 3.46. The molecule has 0 fully saturated rings. The molecule has 0 radical (unpaired) electrons. The molecule has 1 aromatic rings. The topological polar surface area (TPSA) is 49.3 Å². The molecule has 1 atom stereocenters. The highest BCUT2D eigenvalue weighted by molar-refractivity contribution is 14.1. The zero-order chi connectivity index (χ0) is 10.6. The molecule has 1 unspecified atom stereocenters. The molecule has 0 saturated carbocycles. The van der Waals surface area contributed by atoms with Crippen molar-refractivity contribution in [3.8, 4) is 0 Å². The molecular formula is C10H10INO2. The normalized spacial score (nSPS) is 11.8. The highest BCUT2D eigenvalue weighted by Gasteiger charge is 2.13. The minimum Gasteiger partial charge on any atom is -0.479 e. The molecule has 0 heterocycles. The van der Waals surface area contributed by atoms with E-state index in [1.165, 1.54) is 6.08 Å². The van der Waals surface area contributed by atoms with Gasteiger partial charge in [0.05, 0.1) is 0 Å². The summed E-state index contributed by atoms with van der Waals surface area (Å²) >= 11 is 2.14. The summed E-state index contributed by atoms with van der Waals surface area (Å²) in [5.74, 6) is -0.931. The van der Waals surface area contributed by atoms with E-state index in [4.69, 9.17) is 5.11 Å². The number of hydrogen-bond acceptors (Lipinski definition) is 2. The van der Waals surface area contributed by atoms with Crippen molar-refractivity contribution in [2.24, 2.45) is 0 Å². The van der Waals surface area contributed by atoms with Crippen LogP contribution in [-0.4, -0.2) is 17.1 Å². The van der Waals surface area contributed by atoms with Gasteiger partial charge in [-0.05, 0) is 34.7 Å². The fourth-order valence-corrected chi connectivity index (χ4v) is 1.51. The van der Waals surface area contributed by atoms with Crippen LogP contribution in [0, 0.1) is 3.57 Å². The van der Waals surface area contributed by atoms with E-state index in [9.17, 15) is 4.79 Å². The van der Waals surface area contributed by atoms with Crippen molar-refractivity contribution in [3.05, 3.63) is 40.5 Å². The minimum atomic E-state index is -0.931. The van der Waals surface area contributed by atoms with Crippen molar-refractivity contribution >= 4 is 34.2 Å². The summed E-state index contributed by atoms with van der Waals surface area (Å²) in [5.41, 5.74) is 0.806. The van der Waals surface area contributed by atoms with Gasteiger partial charge in [-0.1, -0.05) is 18.2 Å². The zero-order valence-electron chi connectivity index (χ0n) is 7.40. The second-order valence-electron chi connectivity index (χ2n) is 2.68. The number of nitrogens with one attached hydrogen (secondary N) is 1. The predicted octanol–water partition coefficient (Wildman–Crippen LogP) is 2.34. The van der Waals surface area contributed by atoms with Gasteiger partial charge >= 0.3 is 5.97 Å². The van der Waals surface area contributed by atoms with E-state index in [-0.39, 0.29) is 0 Å². The Morgan fingerprint density at radius 3 is 2.71 bits per heavy atom. The number of anilines is 1. The SMILES string of the molecule is C=CC(Nc1ccccc1I)C(=O)O. The minimum absolute atomic E-state index is 0.745. The van der Waals surface area contributed by atoms with Crippen LogP contribution in [0.4, 0.5) is 5.69 Å². The molecule has 0 aliphatic carbocycles. The summed E-state index contributed by atoms with van der Waals surface area (Å²) < 4.78 is 0.984. The number of halogens is 1. The Hall–Kier alpha value is -1.04. The molecule has 0 saturated heterocycles. The lowest BCUT2D eigenvalue weighted by molar-refractivity contribution is -0.136. The quantitative estimate of drug-likeness (QED) is 0.663. The monoisotopic (exact) mass is 303 g/mol. The van der Waals surface area contributed by atoms with E-state index in [0.717, 1.165) is 9.26 Å². The average Bonchev–Trinajstić information content (AvgIpc) is 2.16. The first kappa shape index (κ1) is 11.0. The molecule has 74 valence electrons. The second kappa shape index (κ2) is 4.99. The molecule has 3 nitrogen and oxygen atoms in total. The Morgan fingerprint density at radius 1 is 1.57 bits per heavy atom. The maximum Gasteiger partial charge on any atom is 0.330 e. The van der Waals surface area contributed by atoms with Crippen molar-refractivity contribution in [3.63, 3.8) is 0 Å². The summed E-state index contributed by atoms with van der Waals surface area (Å²) in [6, 6.07) is 6.75. The van der Waals surface area contributed by atoms with Crippen molar-refractivity contribution in [2.75, 3.05) is 5.32 Å². The molecule has 1 aromatic carbocycles. The van der Waals surface area contributed by atoms with Gasteiger partial charge in [-0.2, -0.15) is 0 Å². The van der Waals surface area contributed by atoms with Gasteiger partial charge in [0.2, 0.25) is 0 Å². The van der Waals surface area contributed by atoms with E-state index in [0.29, 0.717) is 0 Å². The van der Waals surface area contributed by atoms with Crippen LogP contribution in [-0.2, 0) is 4.79 Å². The number of para-hydroxylation sites is 1. The molecule has 4 heteroatoms. The number of carbonyl (C=O) groups is 1. The van der Waals surface area contributed by atoms with Crippen molar-refractivity contribution in [1.82, 2.24) is 0 Å². The largest absolute Gasteiger partial charge is 0.479 e. The second-order valence-corrected chi connectivity index (χ2v) is 3.84. The third kappa shape index (κ3) is 2.73. The Balaban J connectivity index is 2.82. The molecule has 1 rings (SSSR count). The molecule has 0 aliphatic heterocycles. The third-order valence-electron chi connectivity index (χ3n) is 1.69. The van der Waals surface area contributed by atoms with Gasteiger partial charge in [-0.15, -0.1) is 6.58 Å². The maximum atomic E-state index is 10.7. The van der Waals surface area contributed by atoms with Crippen LogP contribution in [0.25, 0.3) is 0 Å². The highest BCUT2D eigenvalue weighted by atomic mass is 127. The van der Waals surface area contributed by atoms with Gasteiger partial charge in [0.25, 0.3) is 0 Å². The number of benzene rings is 1. The number of carboxylic acids is 1. The van der Waals surface area contributed by atoms with Gasteiger partial charge in [-0.25, -0.2) is 4.79 Å². The third-order valence-corrected chi connectivity index (χ3v) is 2.63. The molecule has 0 amide bonds. The van der Waals surface area contributed by atoms with E-state index in [1.807, 2.05) is 24.3 Å². The molecule has 14 heavy (non-hydrogen) atoms. The Kier molecular flexibility index (Phi) is 3.94. The molecule has 0 aromatic heterocycles. The molecule has 0 spiro atoms. The van der Waals surface area contributed by atoms with E-state index >= 15 is 0 Å². The number of rotatable bonds is 4. The van der Waals surface area contributed by atoms with Crippen molar-refractivity contribution in [1.29, 1.82) is 0 Å². The van der Waals surface area contributed by atoms with Crippen molar-refractivity contribution in [2.45, 2.75) is 6.04 Å². The van der Waals surface area contributed by atoms with Gasteiger partial charge in [-0.3, -0.25) is 0 Å². The Morgan fingerprint density at radius 2 is 2.21 bits per heavy atom. The van der Waals surface area contributed by atoms with Crippen LogP contribution < -0.4 is 5.32 Å². The molecule has 0 bridgehead atoms.